The topological polar surface area (TPSA) is 65.5 Å². The van der Waals surface area contributed by atoms with Gasteiger partial charge in [0.15, 0.2) is 0 Å². The molecule has 26 heavy (non-hydrogen) atoms. The summed E-state index contributed by atoms with van der Waals surface area (Å²) < 4.78 is 12.4. The first kappa shape index (κ1) is 14.7. The Balaban J connectivity index is 1.67. The average Bonchev–Trinajstić information content (AvgIpc) is 3.35. The zero-order valence-corrected chi connectivity index (χ0v) is 14.0. The number of hydrogen-bond acceptors (Lipinski definition) is 5. The molecule has 2 aromatic carbocycles. The van der Waals surface area contributed by atoms with E-state index in [1.165, 1.54) is 0 Å². The number of fused-ring (bicyclic) bond motifs is 2. The van der Waals surface area contributed by atoms with Gasteiger partial charge >= 0.3 is 0 Å². The third-order valence-corrected chi connectivity index (χ3v) is 4.49. The third-order valence-electron chi connectivity index (χ3n) is 4.49. The molecular formula is C20H14N4O2. The molecule has 0 aliphatic rings. The van der Waals surface area contributed by atoms with Crippen molar-refractivity contribution in [1.29, 1.82) is 0 Å². The molecule has 126 valence electrons. The molecule has 3 aromatic heterocycles. The lowest BCUT2D eigenvalue weighted by atomic mass is 9.98. The standard InChI is InChI=1S/C20H14N4O2/c1-25-19-6-3-13(15-4-7-20-21-8-9-24(20)12-15)10-16(19)14-2-5-17-18(11-14)23-26-22-17/h2-12H,1H3. The molecule has 6 nitrogen and oxygen atoms in total. The van der Waals surface area contributed by atoms with Crippen LogP contribution in [0.3, 0.4) is 0 Å². The van der Waals surface area contributed by atoms with Crippen molar-refractivity contribution >= 4 is 16.7 Å². The first-order chi connectivity index (χ1) is 12.8. The van der Waals surface area contributed by atoms with Gasteiger partial charge in [0, 0.05) is 24.2 Å². The molecule has 3 heterocycles. The average molecular weight is 342 g/mol. The van der Waals surface area contributed by atoms with Crippen LogP contribution in [-0.4, -0.2) is 26.8 Å². The van der Waals surface area contributed by atoms with E-state index in [-0.39, 0.29) is 0 Å². The maximum absolute atomic E-state index is 5.57. The van der Waals surface area contributed by atoms with Crippen molar-refractivity contribution in [2.75, 3.05) is 7.11 Å². The van der Waals surface area contributed by atoms with Crippen LogP contribution in [0.25, 0.3) is 38.9 Å². The van der Waals surface area contributed by atoms with Gasteiger partial charge in [0.05, 0.1) is 7.11 Å². The van der Waals surface area contributed by atoms with Crippen LogP contribution < -0.4 is 4.74 Å². The molecule has 0 unspecified atom stereocenters. The van der Waals surface area contributed by atoms with Gasteiger partial charge in [-0.1, -0.05) is 12.1 Å². The summed E-state index contributed by atoms with van der Waals surface area (Å²) in [5.41, 5.74) is 6.55. The molecule has 0 saturated carbocycles. The number of benzene rings is 2. The highest BCUT2D eigenvalue weighted by molar-refractivity contribution is 5.84. The molecule has 0 amide bonds. The molecule has 0 N–H and O–H groups in total. The minimum Gasteiger partial charge on any atom is -0.496 e. The highest BCUT2D eigenvalue weighted by atomic mass is 16.6. The largest absolute Gasteiger partial charge is 0.496 e. The van der Waals surface area contributed by atoms with Crippen LogP contribution in [0.1, 0.15) is 0 Å². The zero-order chi connectivity index (χ0) is 17.5. The summed E-state index contributed by atoms with van der Waals surface area (Å²) in [6.07, 6.45) is 5.80. The Morgan fingerprint density at radius 2 is 1.73 bits per heavy atom. The minimum absolute atomic E-state index is 0.717. The van der Waals surface area contributed by atoms with Gasteiger partial charge in [-0.2, -0.15) is 0 Å². The second-order valence-electron chi connectivity index (χ2n) is 5.99. The van der Waals surface area contributed by atoms with Crippen molar-refractivity contribution < 1.29 is 9.37 Å². The first-order valence-corrected chi connectivity index (χ1v) is 8.16. The van der Waals surface area contributed by atoms with E-state index in [0.29, 0.717) is 0 Å². The van der Waals surface area contributed by atoms with Crippen LogP contribution in [-0.2, 0) is 0 Å². The second kappa shape index (κ2) is 5.70. The minimum atomic E-state index is 0.717. The van der Waals surface area contributed by atoms with Gasteiger partial charge in [0.1, 0.15) is 22.4 Å². The lowest BCUT2D eigenvalue weighted by Crippen LogP contribution is -1.91. The number of methoxy groups -OCH3 is 1. The summed E-state index contributed by atoms with van der Waals surface area (Å²) in [7, 11) is 1.67. The van der Waals surface area contributed by atoms with Gasteiger partial charge < -0.3 is 9.14 Å². The van der Waals surface area contributed by atoms with E-state index in [0.717, 1.165) is 44.7 Å². The van der Waals surface area contributed by atoms with E-state index >= 15 is 0 Å². The Kier molecular flexibility index (Phi) is 3.21. The van der Waals surface area contributed by atoms with E-state index in [1.807, 2.05) is 40.9 Å². The van der Waals surface area contributed by atoms with Crippen LogP contribution in [0.15, 0.2) is 71.8 Å². The summed E-state index contributed by atoms with van der Waals surface area (Å²) in [5, 5.41) is 7.79. The van der Waals surface area contributed by atoms with Crippen molar-refractivity contribution in [3.63, 3.8) is 0 Å². The van der Waals surface area contributed by atoms with E-state index in [1.54, 1.807) is 13.3 Å². The van der Waals surface area contributed by atoms with Crippen LogP contribution in [0, 0.1) is 0 Å². The molecule has 0 atom stereocenters. The molecule has 0 saturated heterocycles. The number of pyridine rings is 1. The van der Waals surface area contributed by atoms with Gasteiger partial charge in [-0.15, -0.1) is 0 Å². The van der Waals surface area contributed by atoms with E-state index < -0.39 is 0 Å². The molecule has 6 heteroatoms. The highest BCUT2D eigenvalue weighted by Crippen LogP contribution is 2.35. The van der Waals surface area contributed by atoms with E-state index in [9.17, 15) is 0 Å². The summed E-state index contributed by atoms with van der Waals surface area (Å²) in [5.74, 6) is 0.799. The van der Waals surface area contributed by atoms with Gasteiger partial charge in [-0.05, 0) is 63.4 Å². The summed E-state index contributed by atoms with van der Waals surface area (Å²) in [4.78, 5) is 4.29. The van der Waals surface area contributed by atoms with Crippen molar-refractivity contribution in [2.24, 2.45) is 0 Å². The van der Waals surface area contributed by atoms with Gasteiger partial charge in [-0.25, -0.2) is 9.61 Å². The SMILES string of the molecule is COc1ccc(-c2ccc3nccn3c2)cc1-c1ccc2nonc2c1. The van der Waals surface area contributed by atoms with Crippen molar-refractivity contribution in [1.82, 2.24) is 19.7 Å². The van der Waals surface area contributed by atoms with Gasteiger partial charge in [-0.3, -0.25) is 0 Å². The molecule has 0 fully saturated rings. The second-order valence-corrected chi connectivity index (χ2v) is 5.99. The van der Waals surface area contributed by atoms with Crippen LogP contribution in [0.5, 0.6) is 5.75 Å². The summed E-state index contributed by atoms with van der Waals surface area (Å²) in [6, 6.07) is 16.1. The fourth-order valence-electron chi connectivity index (χ4n) is 3.15. The smallest absolute Gasteiger partial charge is 0.136 e. The Morgan fingerprint density at radius 1 is 0.885 bits per heavy atom. The van der Waals surface area contributed by atoms with Crippen LogP contribution in [0.2, 0.25) is 0 Å². The van der Waals surface area contributed by atoms with Crippen LogP contribution in [0.4, 0.5) is 0 Å². The Bertz CT molecular complexity index is 1240. The number of ether oxygens (including phenoxy) is 1. The molecule has 5 rings (SSSR count). The molecule has 0 bridgehead atoms. The number of nitrogens with zero attached hydrogens (tertiary/aromatic N) is 4. The zero-order valence-electron chi connectivity index (χ0n) is 14.0. The normalized spacial score (nSPS) is 11.3. The maximum atomic E-state index is 5.57. The summed E-state index contributed by atoms with van der Waals surface area (Å²) in [6.45, 7) is 0. The Hall–Kier alpha value is -3.67. The first-order valence-electron chi connectivity index (χ1n) is 8.16. The lowest BCUT2D eigenvalue weighted by molar-refractivity contribution is 0.315. The highest BCUT2D eigenvalue weighted by Gasteiger charge is 2.11. The van der Waals surface area contributed by atoms with Gasteiger partial charge in [0.25, 0.3) is 0 Å². The molecule has 0 spiro atoms. The predicted molar refractivity (Wildman–Crippen MR) is 98.0 cm³/mol. The van der Waals surface area contributed by atoms with Crippen molar-refractivity contribution in [2.45, 2.75) is 0 Å². The Labute approximate surface area is 148 Å². The lowest BCUT2D eigenvalue weighted by Gasteiger charge is -2.11. The van der Waals surface area contributed by atoms with Crippen LogP contribution >= 0.6 is 0 Å². The molecule has 0 radical (unpaired) electrons. The number of rotatable bonds is 3. The van der Waals surface area contributed by atoms with Gasteiger partial charge in [0.2, 0.25) is 0 Å². The van der Waals surface area contributed by atoms with E-state index in [4.69, 9.17) is 9.37 Å². The molecule has 0 aliphatic carbocycles. The summed E-state index contributed by atoms with van der Waals surface area (Å²) >= 11 is 0. The van der Waals surface area contributed by atoms with Crippen molar-refractivity contribution in [3.05, 3.63) is 67.1 Å². The van der Waals surface area contributed by atoms with Crippen molar-refractivity contribution in [3.8, 4) is 28.0 Å². The molecular weight excluding hydrogens is 328 g/mol. The quantitative estimate of drug-likeness (QED) is 0.491. The maximum Gasteiger partial charge on any atom is 0.136 e. The number of imidazole rings is 1. The fraction of sp³-hybridized carbons (Fsp3) is 0.0500. The molecule has 5 aromatic rings. The number of aromatic nitrogens is 4. The fourth-order valence-corrected chi connectivity index (χ4v) is 3.15. The monoisotopic (exact) mass is 342 g/mol. The Morgan fingerprint density at radius 3 is 2.65 bits per heavy atom. The van der Waals surface area contributed by atoms with E-state index in [2.05, 4.69) is 39.7 Å². The predicted octanol–water partition coefficient (Wildman–Crippen LogP) is 4.21. The third kappa shape index (κ3) is 2.31. The number of hydrogen-bond donors (Lipinski definition) is 0. The molecule has 0 aliphatic heterocycles.